The highest BCUT2D eigenvalue weighted by atomic mass is 15.7. The second-order valence-corrected chi connectivity index (χ2v) is 5.81. The van der Waals surface area contributed by atoms with Crippen LogP contribution in [0.5, 0.6) is 0 Å². The second kappa shape index (κ2) is 6.74. The van der Waals surface area contributed by atoms with Crippen LogP contribution >= 0.6 is 0 Å². The summed E-state index contributed by atoms with van der Waals surface area (Å²) >= 11 is 0. The van der Waals surface area contributed by atoms with Crippen LogP contribution in [0, 0.1) is 0 Å². The van der Waals surface area contributed by atoms with Crippen LogP contribution in [0.4, 0.5) is 17.1 Å². The van der Waals surface area contributed by atoms with Gasteiger partial charge in [-0.25, -0.2) is 0 Å². The van der Waals surface area contributed by atoms with E-state index in [9.17, 15) is 0 Å². The smallest absolute Gasteiger partial charge is 0.171 e. The summed E-state index contributed by atoms with van der Waals surface area (Å²) in [4.78, 5) is 1.28. The SMILES string of the molecule is c1ccc([N-]C2NN(c3ccccc3)C[NH+]2c2ccccc2)cc1. The van der Waals surface area contributed by atoms with Gasteiger partial charge in [0, 0.05) is 0 Å². The topological polar surface area (TPSA) is 33.8 Å². The highest BCUT2D eigenvalue weighted by Gasteiger charge is 2.30. The van der Waals surface area contributed by atoms with Crippen molar-refractivity contribution >= 4 is 17.1 Å². The van der Waals surface area contributed by atoms with E-state index >= 15 is 0 Å². The molecule has 120 valence electrons. The van der Waals surface area contributed by atoms with Crippen molar-refractivity contribution in [3.63, 3.8) is 0 Å². The third-order valence-electron chi connectivity index (χ3n) is 4.18. The fourth-order valence-corrected chi connectivity index (χ4v) is 2.97. The predicted octanol–water partition coefficient (Wildman–Crippen LogP) is 3.17. The van der Waals surface area contributed by atoms with Crippen molar-refractivity contribution in [3.8, 4) is 0 Å². The summed E-state index contributed by atoms with van der Waals surface area (Å²) in [5.41, 5.74) is 6.90. The molecule has 3 aromatic carbocycles. The first-order chi connectivity index (χ1) is 11.9. The summed E-state index contributed by atoms with van der Waals surface area (Å²) < 4.78 is 0. The molecule has 1 aliphatic rings. The molecule has 1 fully saturated rings. The number of benzene rings is 3. The molecule has 0 aromatic heterocycles. The van der Waals surface area contributed by atoms with Crippen molar-refractivity contribution in [3.05, 3.63) is 96.3 Å². The van der Waals surface area contributed by atoms with Crippen LogP contribution in [0.1, 0.15) is 0 Å². The summed E-state index contributed by atoms with van der Waals surface area (Å²) in [6.07, 6.45) is -0.0602. The molecular weight excluding hydrogens is 296 g/mol. The van der Waals surface area contributed by atoms with Gasteiger partial charge in [0.05, 0.1) is 5.69 Å². The predicted molar refractivity (Wildman–Crippen MR) is 97.2 cm³/mol. The molecule has 1 aliphatic heterocycles. The first-order valence-electron chi connectivity index (χ1n) is 8.16. The number of hydrogen-bond donors (Lipinski definition) is 2. The number of nitrogens with zero attached hydrogens (tertiary/aromatic N) is 2. The van der Waals surface area contributed by atoms with Crippen LogP contribution in [-0.2, 0) is 0 Å². The van der Waals surface area contributed by atoms with Crippen molar-refractivity contribution in [1.29, 1.82) is 0 Å². The van der Waals surface area contributed by atoms with E-state index in [1.165, 1.54) is 10.6 Å². The molecule has 4 heteroatoms. The standard InChI is InChI=1S/C20H19N4/c1-4-10-17(11-5-1)21-20-22-24(19-14-8-3-9-15-19)16-23(20)18-12-6-2-7-13-18/h1-15,20,22H,16H2/q-1/p+1. The molecule has 3 aromatic rings. The normalized spacial score (nSPS) is 20.1. The van der Waals surface area contributed by atoms with Gasteiger partial charge in [0.15, 0.2) is 6.67 Å². The Bertz CT molecular complexity index is 761. The average Bonchev–Trinajstić information content (AvgIpc) is 3.08. The summed E-state index contributed by atoms with van der Waals surface area (Å²) in [5, 5.41) is 7.07. The van der Waals surface area contributed by atoms with Crippen LogP contribution in [-0.4, -0.2) is 13.0 Å². The van der Waals surface area contributed by atoms with Gasteiger partial charge in [0.1, 0.15) is 12.0 Å². The van der Waals surface area contributed by atoms with Crippen LogP contribution in [0.25, 0.3) is 5.32 Å². The number of nitrogens with one attached hydrogen (secondary N) is 2. The molecule has 2 atom stereocenters. The van der Waals surface area contributed by atoms with E-state index in [0.717, 1.165) is 18.0 Å². The van der Waals surface area contributed by atoms with E-state index in [4.69, 9.17) is 5.32 Å². The molecule has 2 unspecified atom stereocenters. The lowest BCUT2D eigenvalue weighted by Crippen LogP contribution is -3.10. The highest BCUT2D eigenvalue weighted by Crippen LogP contribution is 2.21. The third kappa shape index (κ3) is 3.11. The van der Waals surface area contributed by atoms with Crippen molar-refractivity contribution in [2.45, 2.75) is 6.29 Å². The number of rotatable bonds is 4. The lowest BCUT2D eigenvalue weighted by molar-refractivity contribution is -0.841. The Morgan fingerprint density at radius 2 is 1.38 bits per heavy atom. The summed E-state index contributed by atoms with van der Waals surface area (Å²) in [7, 11) is 0. The van der Waals surface area contributed by atoms with Gasteiger partial charge in [0.2, 0.25) is 0 Å². The van der Waals surface area contributed by atoms with Gasteiger partial charge in [-0.1, -0.05) is 66.7 Å². The number of para-hydroxylation sites is 3. The Balaban J connectivity index is 1.61. The van der Waals surface area contributed by atoms with Gasteiger partial charge in [0.25, 0.3) is 0 Å². The Labute approximate surface area is 142 Å². The minimum absolute atomic E-state index is 0.0602. The molecule has 2 N–H and O–H groups in total. The first-order valence-corrected chi connectivity index (χ1v) is 8.16. The largest absolute Gasteiger partial charge is 0.619 e. The van der Waals surface area contributed by atoms with Gasteiger partial charge in [-0.05, 0) is 24.3 Å². The van der Waals surface area contributed by atoms with Crippen LogP contribution < -0.4 is 15.3 Å². The van der Waals surface area contributed by atoms with Gasteiger partial charge in [-0.3, -0.25) is 9.91 Å². The maximum Gasteiger partial charge on any atom is 0.171 e. The van der Waals surface area contributed by atoms with Crippen LogP contribution in [0.15, 0.2) is 91.0 Å². The molecule has 0 radical (unpaired) electrons. The zero-order chi connectivity index (χ0) is 16.2. The van der Waals surface area contributed by atoms with Gasteiger partial charge in [-0.15, -0.1) is 5.69 Å². The number of hydrazine groups is 1. The fraction of sp³-hybridized carbons (Fsp3) is 0.100. The molecule has 0 aliphatic carbocycles. The van der Waals surface area contributed by atoms with Crippen LogP contribution in [0.2, 0.25) is 0 Å². The van der Waals surface area contributed by atoms with Crippen molar-refractivity contribution in [2.24, 2.45) is 0 Å². The molecule has 24 heavy (non-hydrogen) atoms. The number of anilines is 1. The molecule has 4 rings (SSSR count). The van der Waals surface area contributed by atoms with Gasteiger partial charge >= 0.3 is 0 Å². The molecule has 0 saturated carbocycles. The lowest BCUT2D eigenvalue weighted by Gasteiger charge is -2.32. The molecule has 4 nitrogen and oxygen atoms in total. The minimum Gasteiger partial charge on any atom is -0.619 e. The van der Waals surface area contributed by atoms with Crippen molar-refractivity contribution in [1.82, 2.24) is 5.43 Å². The van der Waals surface area contributed by atoms with Crippen LogP contribution in [0.3, 0.4) is 0 Å². The molecule has 1 saturated heterocycles. The van der Waals surface area contributed by atoms with E-state index < -0.39 is 0 Å². The molecule has 0 bridgehead atoms. The van der Waals surface area contributed by atoms with E-state index in [2.05, 4.69) is 59.0 Å². The summed E-state index contributed by atoms with van der Waals surface area (Å²) in [6.45, 7) is 0.815. The zero-order valence-corrected chi connectivity index (χ0v) is 13.3. The number of hydrogen-bond acceptors (Lipinski definition) is 2. The molecule has 0 spiro atoms. The number of quaternary nitrogens is 1. The lowest BCUT2D eigenvalue weighted by atomic mass is 10.3. The molecule has 0 amide bonds. The Morgan fingerprint density at radius 1 is 0.792 bits per heavy atom. The average molecular weight is 316 g/mol. The zero-order valence-electron chi connectivity index (χ0n) is 13.3. The van der Waals surface area contributed by atoms with Crippen molar-refractivity contribution < 1.29 is 4.90 Å². The Morgan fingerprint density at radius 3 is 2.04 bits per heavy atom. The van der Waals surface area contributed by atoms with E-state index in [1.54, 1.807) is 0 Å². The Kier molecular flexibility index (Phi) is 4.14. The monoisotopic (exact) mass is 316 g/mol. The van der Waals surface area contributed by atoms with E-state index in [-0.39, 0.29) is 6.29 Å². The minimum atomic E-state index is -0.0602. The van der Waals surface area contributed by atoms with E-state index in [0.29, 0.717) is 0 Å². The maximum atomic E-state index is 4.90. The van der Waals surface area contributed by atoms with E-state index in [1.807, 2.05) is 42.5 Å². The quantitative estimate of drug-likeness (QED) is 0.775. The van der Waals surface area contributed by atoms with Gasteiger partial charge < -0.3 is 5.32 Å². The second-order valence-electron chi connectivity index (χ2n) is 5.81. The molecular formula is C20H20N4. The van der Waals surface area contributed by atoms with Crippen molar-refractivity contribution in [2.75, 3.05) is 11.7 Å². The molecule has 1 heterocycles. The summed E-state index contributed by atoms with van der Waals surface area (Å²) in [5.74, 6) is 0. The third-order valence-corrected chi connectivity index (χ3v) is 4.18. The fourth-order valence-electron chi connectivity index (χ4n) is 2.97. The highest BCUT2D eigenvalue weighted by molar-refractivity contribution is 5.50. The first kappa shape index (κ1) is 14.8. The maximum absolute atomic E-state index is 4.90. The Hall–Kier alpha value is -2.82. The summed E-state index contributed by atoms with van der Waals surface area (Å²) in [6, 6.07) is 31.0. The van der Waals surface area contributed by atoms with Gasteiger partial charge in [-0.2, -0.15) is 5.43 Å².